The van der Waals surface area contributed by atoms with Gasteiger partial charge in [-0.2, -0.15) is 13.2 Å². The van der Waals surface area contributed by atoms with Crippen LogP contribution in [0.15, 0.2) is 54.6 Å². The molecule has 0 saturated carbocycles. The van der Waals surface area contributed by atoms with Crippen molar-refractivity contribution in [3.05, 3.63) is 88.2 Å². The van der Waals surface area contributed by atoms with Crippen LogP contribution >= 0.6 is 11.6 Å². The highest BCUT2D eigenvalue weighted by molar-refractivity contribution is 6.32. The number of rotatable bonds is 4. The predicted molar refractivity (Wildman–Crippen MR) is 114 cm³/mol. The second kappa shape index (κ2) is 10.6. The van der Waals surface area contributed by atoms with Gasteiger partial charge in [0.2, 0.25) is 0 Å². The van der Waals surface area contributed by atoms with Crippen molar-refractivity contribution in [2.45, 2.75) is 6.18 Å². The highest BCUT2D eigenvalue weighted by atomic mass is 35.5. The Morgan fingerprint density at radius 2 is 1.47 bits per heavy atom. The van der Waals surface area contributed by atoms with Gasteiger partial charge in [-0.05, 0) is 42.5 Å². The Kier molecular flexibility index (Phi) is 7.73. The SMILES string of the molecule is O=C(NC(=O)Nc1ccc(Oc2ccc(C(F)(F)F)cc2Cl)cc1F)NC(=O)c1c(F)cccc1F. The van der Waals surface area contributed by atoms with Crippen LogP contribution in [0.3, 0.4) is 0 Å². The van der Waals surface area contributed by atoms with Crippen LogP contribution in [0.1, 0.15) is 15.9 Å². The summed E-state index contributed by atoms with van der Waals surface area (Å²) in [5, 5.41) is 4.70. The molecular weight excluding hydrogens is 520 g/mol. The summed E-state index contributed by atoms with van der Waals surface area (Å²) < 4.78 is 84.9. The molecule has 0 bridgehead atoms. The second-order valence-electron chi connectivity index (χ2n) is 6.85. The maximum Gasteiger partial charge on any atom is 0.416 e. The van der Waals surface area contributed by atoms with Crippen LogP contribution in [0.2, 0.25) is 5.02 Å². The van der Waals surface area contributed by atoms with E-state index in [9.17, 15) is 40.7 Å². The van der Waals surface area contributed by atoms with Crippen molar-refractivity contribution in [1.29, 1.82) is 0 Å². The smallest absolute Gasteiger partial charge is 0.416 e. The molecule has 0 unspecified atom stereocenters. The molecular formula is C22H12ClF6N3O4. The van der Waals surface area contributed by atoms with Crippen LogP contribution in [-0.2, 0) is 6.18 Å². The standard InChI is InChI=1S/C22H12ClF6N3O4/c23-12-8-10(22(27,28)29)4-7-17(12)36-11-5-6-16(15(26)9-11)30-20(34)32-21(35)31-19(33)18-13(24)2-1-3-14(18)25/h1-9H,(H3,30,31,32,33,34,35). The first kappa shape index (κ1) is 26.3. The number of amides is 5. The third kappa shape index (κ3) is 6.44. The Hall–Kier alpha value is -4.26. The number of carbonyl (C=O) groups is 3. The minimum absolute atomic E-state index is 0.185. The number of carbonyl (C=O) groups excluding carboxylic acids is 3. The lowest BCUT2D eigenvalue weighted by molar-refractivity contribution is -0.137. The third-order valence-corrected chi connectivity index (χ3v) is 4.62. The number of hydrogen-bond donors (Lipinski definition) is 3. The first-order chi connectivity index (χ1) is 16.8. The van der Waals surface area contributed by atoms with Gasteiger partial charge in [0.15, 0.2) is 0 Å². The minimum Gasteiger partial charge on any atom is -0.456 e. The van der Waals surface area contributed by atoms with Gasteiger partial charge in [0.05, 0.1) is 16.3 Å². The van der Waals surface area contributed by atoms with E-state index in [1.165, 1.54) is 5.32 Å². The van der Waals surface area contributed by atoms with Gasteiger partial charge in [-0.1, -0.05) is 17.7 Å². The normalized spacial score (nSPS) is 11.0. The van der Waals surface area contributed by atoms with E-state index in [2.05, 4.69) is 0 Å². The van der Waals surface area contributed by atoms with Crippen molar-refractivity contribution in [1.82, 2.24) is 10.6 Å². The molecule has 7 nitrogen and oxygen atoms in total. The van der Waals surface area contributed by atoms with E-state index in [4.69, 9.17) is 16.3 Å². The number of imide groups is 2. The lowest BCUT2D eigenvalue weighted by atomic mass is 10.2. The van der Waals surface area contributed by atoms with Crippen LogP contribution in [0.4, 0.5) is 41.6 Å². The lowest BCUT2D eigenvalue weighted by Crippen LogP contribution is -2.44. The molecule has 0 spiro atoms. The summed E-state index contributed by atoms with van der Waals surface area (Å²) in [6.45, 7) is 0. The van der Waals surface area contributed by atoms with Crippen molar-refractivity contribution < 1.29 is 45.5 Å². The molecule has 0 aliphatic heterocycles. The number of nitrogens with one attached hydrogen (secondary N) is 3. The van der Waals surface area contributed by atoms with E-state index in [1.54, 1.807) is 5.32 Å². The molecule has 0 atom stereocenters. The summed E-state index contributed by atoms with van der Waals surface area (Å²) in [7, 11) is 0. The minimum atomic E-state index is -4.62. The molecule has 0 heterocycles. The second-order valence-corrected chi connectivity index (χ2v) is 7.25. The quantitative estimate of drug-likeness (QED) is 0.347. The molecule has 0 fully saturated rings. The summed E-state index contributed by atoms with van der Waals surface area (Å²) in [5.74, 6) is -5.41. The Morgan fingerprint density at radius 1 is 0.806 bits per heavy atom. The number of alkyl halides is 3. The third-order valence-electron chi connectivity index (χ3n) is 4.32. The number of hydrogen-bond acceptors (Lipinski definition) is 4. The number of halogens is 7. The van der Waals surface area contributed by atoms with E-state index in [1.807, 2.05) is 5.32 Å². The fourth-order valence-electron chi connectivity index (χ4n) is 2.72. The molecule has 0 radical (unpaired) electrons. The van der Waals surface area contributed by atoms with Gasteiger partial charge in [-0.25, -0.2) is 22.8 Å². The van der Waals surface area contributed by atoms with Gasteiger partial charge in [0.1, 0.15) is 34.5 Å². The van der Waals surface area contributed by atoms with E-state index >= 15 is 0 Å². The van der Waals surface area contributed by atoms with Crippen molar-refractivity contribution in [2.24, 2.45) is 0 Å². The van der Waals surface area contributed by atoms with Crippen LogP contribution in [0, 0.1) is 17.5 Å². The lowest BCUT2D eigenvalue weighted by Gasteiger charge is -2.12. The molecule has 188 valence electrons. The molecule has 36 heavy (non-hydrogen) atoms. The van der Waals surface area contributed by atoms with Crippen molar-refractivity contribution in [2.75, 3.05) is 5.32 Å². The summed E-state index contributed by atoms with van der Waals surface area (Å²) in [6.07, 6.45) is -4.62. The van der Waals surface area contributed by atoms with E-state index < -0.39 is 58.4 Å². The largest absolute Gasteiger partial charge is 0.456 e. The van der Waals surface area contributed by atoms with Crippen molar-refractivity contribution in [3.8, 4) is 11.5 Å². The summed E-state index contributed by atoms with van der Waals surface area (Å²) in [4.78, 5) is 35.5. The van der Waals surface area contributed by atoms with E-state index in [-0.39, 0.29) is 16.5 Å². The summed E-state index contributed by atoms with van der Waals surface area (Å²) >= 11 is 5.78. The Bertz CT molecular complexity index is 1330. The molecule has 3 N–H and O–H groups in total. The molecule has 3 rings (SSSR count). The van der Waals surface area contributed by atoms with Gasteiger partial charge >= 0.3 is 18.2 Å². The molecule has 0 saturated heterocycles. The zero-order chi connectivity index (χ0) is 26.6. The number of benzene rings is 3. The van der Waals surface area contributed by atoms with Crippen molar-refractivity contribution in [3.63, 3.8) is 0 Å². The van der Waals surface area contributed by atoms with Crippen LogP contribution < -0.4 is 20.7 Å². The molecule has 0 aromatic heterocycles. The number of urea groups is 2. The maximum absolute atomic E-state index is 14.3. The highest BCUT2D eigenvalue weighted by Crippen LogP contribution is 2.36. The van der Waals surface area contributed by atoms with Gasteiger partial charge in [-0.3, -0.25) is 15.4 Å². The Morgan fingerprint density at radius 3 is 2.06 bits per heavy atom. The average Bonchev–Trinajstić information content (AvgIpc) is 2.76. The first-order valence-corrected chi connectivity index (χ1v) is 9.94. The molecule has 5 amide bonds. The van der Waals surface area contributed by atoms with Gasteiger partial charge < -0.3 is 10.1 Å². The van der Waals surface area contributed by atoms with E-state index in [0.29, 0.717) is 12.1 Å². The van der Waals surface area contributed by atoms with Crippen LogP contribution in [-0.4, -0.2) is 18.0 Å². The zero-order valence-corrected chi connectivity index (χ0v) is 18.2. The van der Waals surface area contributed by atoms with Gasteiger partial charge in [0, 0.05) is 6.07 Å². The topological polar surface area (TPSA) is 96.5 Å². The van der Waals surface area contributed by atoms with Gasteiger partial charge in [0.25, 0.3) is 5.91 Å². The molecule has 0 aliphatic carbocycles. The Labute approximate surface area is 203 Å². The molecule has 3 aromatic carbocycles. The summed E-state index contributed by atoms with van der Waals surface area (Å²) in [6, 6.07) is 4.98. The number of anilines is 1. The highest BCUT2D eigenvalue weighted by Gasteiger charge is 2.31. The fraction of sp³-hybridized carbons (Fsp3) is 0.0455. The van der Waals surface area contributed by atoms with E-state index in [0.717, 1.165) is 42.5 Å². The van der Waals surface area contributed by atoms with Gasteiger partial charge in [-0.15, -0.1) is 0 Å². The molecule has 3 aromatic rings. The monoisotopic (exact) mass is 531 g/mol. The van der Waals surface area contributed by atoms with Crippen LogP contribution in [0.25, 0.3) is 0 Å². The van der Waals surface area contributed by atoms with Crippen LogP contribution in [0.5, 0.6) is 11.5 Å². The summed E-state index contributed by atoms with van der Waals surface area (Å²) in [5.41, 5.74) is -2.53. The molecule has 0 aliphatic rings. The van der Waals surface area contributed by atoms with Crippen molar-refractivity contribution >= 4 is 35.3 Å². The first-order valence-electron chi connectivity index (χ1n) is 9.56. The average molecular weight is 532 g/mol. The molecule has 14 heteroatoms. The number of ether oxygens (including phenoxy) is 1. The zero-order valence-electron chi connectivity index (χ0n) is 17.5. The fourth-order valence-corrected chi connectivity index (χ4v) is 2.93. The maximum atomic E-state index is 14.3. The predicted octanol–water partition coefficient (Wildman–Crippen LogP) is 6.24. The Balaban J connectivity index is 1.61.